The fourth-order valence-corrected chi connectivity index (χ4v) is 4.72. The summed E-state index contributed by atoms with van der Waals surface area (Å²) >= 11 is 0. The van der Waals surface area contributed by atoms with Gasteiger partial charge in [-0.1, -0.05) is 0 Å². The van der Waals surface area contributed by atoms with E-state index in [2.05, 4.69) is 5.32 Å². The molecule has 0 fully saturated rings. The number of ketones is 1. The number of ether oxygens (including phenoxy) is 5. The summed E-state index contributed by atoms with van der Waals surface area (Å²) in [4.78, 5) is 40.3. The van der Waals surface area contributed by atoms with Gasteiger partial charge in [-0.25, -0.2) is 0 Å². The third-order valence-electron chi connectivity index (χ3n) is 6.56. The first-order valence-corrected chi connectivity index (χ1v) is 12.9. The first-order valence-electron chi connectivity index (χ1n) is 12.9. The molecule has 4 aromatic rings. The molecule has 2 aliphatic rings. The lowest BCUT2D eigenvalue weighted by Gasteiger charge is -2.21. The summed E-state index contributed by atoms with van der Waals surface area (Å²) in [5.41, 5.74) is 0.758. The number of rotatable bonds is 7. The fraction of sp³-hybridized carbons (Fsp3) is 0.233. The minimum absolute atomic E-state index is 0.0690. The second-order valence-electron chi connectivity index (χ2n) is 9.21. The van der Waals surface area contributed by atoms with Gasteiger partial charge >= 0.3 is 0 Å². The molecule has 6 rings (SSSR count). The molecule has 0 spiro atoms. The van der Waals surface area contributed by atoms with E-state index in [-0.39, 0.29) is 23.4 Å². The number of amides is 1. The van der Waals surface area contributed by atoms with Crippen LogP contribution in [0.15, 0.2) is 65.6 Å². The van der Waals surface area contributed by atoms with Crippen molar-refractivity contribution in [3.63, 3.8) is 0 Å². The highest BCUT2D eigenvalue weighted by Crippen LogP contribution is 2.35. The van der Waals surface area contributed by atoms with Crippen molar-refractivity contribution in [3.8, 4) is 28.7 Å². The van der Waals surface area contributed by atoms with Crippen molar-refractivity contribution in [2.24, 2.45) is 0 Å². The third-order valence-corrected chi connectivity index (χ3v) is 6.56. The Morgan fingerprint density at radius 2 is 1.50 bits per heavy atom. The molecule has 1 N–H and O–H groups in total. The van der Waals surface area contributed by atoms with Crippen molar-refractivity contribution < 1.29 is 33.3 Å². The molecule has 3 aromatic carbocycles. The van der Waals surface area contributed by atoms with Crippen LogP contribution in [-0.4, -0.2) is 49.3 Å². The number of hydrogen-bond donors (Lipinski definition) is 1. The maximum atomic E-state index is 13.6. The zero-order chi connectivity index (χ0) is 27.6. The number of carbonyl (C=O) groups is 2. The summed E-state index contributed by atoms with van der Waals surface area (Å²) in [7, 11) is 0. The highest BCUT2D eigenvalue weighted by molar-refractivity contribution is 6.10. The van der Waals surface area contributed by atoms with Crippen molar-refractivity contribution >= 4 is 28.3 Å². The number of fused-ring (bicyclic) bond motifs is 3. The normalized spacial score (nSPS) is 13.5. The van der Waals surface area contributed by atoms with Crippen LogP contribution in [0.4, 0.5) is 5.69 Å². The lowest BCUT2D eigenvalue weighted by Crippen LogP contribution is -2.25. The summed E-state index contributed by atoms with van der Waals surface area (Å²) in [5, 5.41) is 3.10. The van der Waals surface area contributed by atoms with Crippen molar-refractivity contribution in [1.29, 1.82) is 0 Å². The van der Waals surface area contributed by atoms with Crippen LogP contribution in [0.25, 0.3) is 10.9 Å². The predicted octanol–water partition coefficient (Wildman–Crippen LogP) is 3.81. The molecule has 10 nitrogen and oxygen atoms in total. The molecule has 1 amide bonds. The monoisotopic (exact) mass is 542 g/mol. The van der Waals surface area contributed by atoms with Crippen LogP contribution in [0, 0.1) is 0 Å². The third kappa shape index (κ3) is 4.91. The number of anilines is 1. The zero-order valence-corrected chi connectivity index (χ0v) is 21.7. The molecule has 204 valence electrons. The minimum Gasteiger partial charge on any atom is -0.494 e. The van der Waals surface area contributed by atoms with Crippen LogP contribution < -0.4 is 34.4 Å². The number of pyridine rings is 1. The molecule has 1 aromatic heterocycles. The fourth-order valence-electron chi connectivity index (χ4n) is 4.72. The van der Waals surface area contributed by atoms with Gasteiger partial charge < -0.3 is 33.6 Å². The Hall–Kier alpha value is -4.99. The van der Waals surface area contributed by atoms with Crippen molar-refractivity contribution in [2.45, 2.75) is 13.5 Å². The summed E-state index contributed by atoms with van der Waals surface area (Å²) in [5.74, 6) is 1.82. The Bertz CT molecular complexity index is 1680. The molecule has 0 radical (unpaired) electrons. The van der Waals surface area contributed by atoms with Gasteiger partial charge in [0, 0.05) is 29.6 Å². The van der Waals surface area contributed by atoms with E-state index in [9.17, 15) is 14.4 Å². The highest BCUT2D eigenvalue weighted by atomic mass is 16.6. The van der Waals surface area contributed by atoms with Crippen LogP contribution in [0.2, 0.25) is 0 Å². The first-order chi connectivity index (χ1) is 19.5. The van der Waals surface area contributed by atoms with Gasteiger partial charge in [-0.15, -0.1) is 0 Å². The summed E-state index contributed by atoms with van der Waals surface area (Å²) in [6.45, 7) is 3.79. The number of aromatic nitrogens is 1. The molecule has 0 saturated carbocycles. The first kappa shape index (κ1) is 25.3. The quantitative estimate of drug-likeness (QED) is 0.351. The Labute approximate surface area is 229 Å². The SMILES string of the molecule is CCOc1ccc(C(=O)c2cn(CC(=O)Nc3ccc4c(c3)OCCO4)c3cc4c(cc3c2=O)OCCO4)cc1. The number of benzene rings is 3. The van der Waals surface area contributed by atoms with Gasteiger partial charge in [0.2, 0.25) is 11.3 Å². The second kappa shape index (κ2) is 10.6. The minimum atomic E-state index is -0.467. The Kier molecular flexibility index (Phi) is 6.73. The summed E-state index contributed by atoms with van der Waals surface area (Å²) in [6, 6.07) is 15.0. The predicted molar refractivity (Wildman–Crippen MR) is 146 cm³/mol. The Morgan fingerprint density at radius 3 is 2.20 bits per heavy atom. The van der Waals surface area contributed by atoms with Gasteiger partial charge in [0.25, 0.3) is 0 Å². The van der Waals surface area contributed by atoms with E-state index in [0.717, 1.165) is 0 Å². The molecule has 0 bridgehead atoms. The van der Waals surface area contributed by atoms with E-state index in [0.29, 0.717) is 78.5 Å². The molecule has 0 aliphatic carbocycles. The Balaban J connectivity index is 1.37. The van der Waals surface area contributed by atoms with Gasteiger partial charge in [0.15, 0.2) is 28.8 Å². The Morgan fingerprint density at radius 1 is 0.850 bits per heavy atom. The number of nitrogens with zero attached hydrogens (tertiary/aromatic N) is 1. The van der Waals surface area contributed by atoms with Crippen LogP contribution in [0.5, 0.6) is 28.7 Å². The van der Waals surface area contributed by atoms with Crippen LogP contribution in [0.3, 0.4) is 0 Å². The zero-order valence-electron chi connectivity index (χ0n) is 21.7. The number of carbonyl (C=O) groups excluding carboxylic acids is 2. The molecule has 3 heterocycles. The van der Waals surface area contributed by atoms with Crippen molar-refractivity contribution in [1.82, 2.24) is 4.57 Å². The van der Waals surface area contributed by atoms with E-state index in [4.69, 9.17) is 23.7 Å². The van der Waals surface area contributed by atoms with E-state index < -0.39 is 11.2 Å². The van der Waals surface area contributed by atoms with Gasteiger partial charge in [-0.2, -0.15) is 0 Å². The van der Waals surface area contributed by atoms with Gasteiger partial charge in [-0.3, -0.25) is 14.4 Å². The van der Waals surface area contributed by atoms with Gasteiger partial charge in [0.1, 0.15) is 38.7 Å². The van der Waals surface area contributed by atoms with E-state index >= 15 is 0 Å². The largest absolute Gasteiger partial charge is 0.494 e. The molecule has 0 unspecified atom stereocenters. The number of hydrogen-bond acceptors (Lipinski definition) is 8. The topological polar surface area (TPSA) is 114 Å². The average Bonchev–Trinajstić information content (AvgIpc) is 2.98. The van der Waals surface area contributed by atoms with Crippen molar-refractivity contribution in [2.75, 3.05) is 38.4 Å². The van der Waals surface area contributed by atoms with Crippen LogP contribution in [0.1, 0.15) is 22.8 Å². The van der Waals surface area contributed by atoms with E-state index in [1.807, 2.05) is 6.92 Å². The summed E-state index contributed by atoms with van der Waals surface area (Å²) in [6.07, 6.45) is 1.42. The molecule has 0 saturated heterocycles. The van der Waals surface area contributed by atoms with Crippen LogP contribution >= 0.6 is 0 Å². The number of nitrogens with one attached hydrogen (secondary N) is 1. The van der Waals surface area contributed by atoms with Crippen LogP contribution in [-0.2, 0) is 11.3 Å². The second-order valence-corrected chi connectivity index (χ2v) is 9.21. The maximum Gasteiger partial charge on any atom is 0.244 e. The highest BCUT2D eigenvalue weighted by Gasteiger charge is 2.22. The molecular weight excluding hydrogens is 516 g/mol. The van der Waals surface area contributed by atoms with E-state index in [1.54, 1.807) is 59.2 Å². The van der Waals surface area contributed by atoms with Gasteiger partial charge in [-0.05, 0) is 49.4 Å². The molecule has 2 aliphatic heterocycles. The van der Waals surface area contributed by atoms with Crippen molar-refractivity contribution in [3.05, 3.63) is 82.1 Å². The maximum absolute atomic E-state index is 13.6. The molecule has 10 heteroatoms. The van der Waals surface area contributed by atoms with E-state index in [1.165, 1.54) is 6.20 Å². The average molecular weight is 543 g/mol. The van der Waals surface area contributed by atoms with Gasteiger partial charge in [0.05, 0.1) is 23.1 Å². The molecule has 40 heavy (non-hydrogen) atoms. The molecule has 0 atom stereocenters. The lowest BCUT2D eigenvalue weighted by atomic mass is 10.0. The standard InChI is InChI=1S/C30H26N2O8/c1-2-36-20-6-3-18(4-7-20)29(34)22-16-32(23-15-27-26(39-11-12-40-27)14-21(23)30(22)35)17-28(33)31-19-5-8-24-25(13-19)38-10-9-37-24/h3-8,13-16H,2,9-12,17H2,1H3,(H,31,33). The summed E-state index contributed by atoms with van der Waals surface area (Å²) < 4.78 is 29.6. The molecular formula is C30H26N2O8. The lowest BCUT2D eigenvalue weighted by molar-refractivity contribution is -0.116. The smallest absolute Gasteiger partial charge is 0.244 e.